The van der Waals surface area contributed by atoms with E-state index in [1.165, 1.54) is 0 Å². The van der Waals surface area contributed by atoms with Crippen LogP contribution in [0.25, 0.3) is 11.3 Å². The van der Waals surface area contributed by atoms with Crippen LogP contribution in [-0.4, -0.2) is 29.3 Å². The third-order valence-electron chi connectivity index (χ3n) is 3.89. The Morgan fingerprint density at radius 1 is 1.12 bits per heavy atom. The molecule has 5 N–H and O–H groups in total. The van der Waals surface area contributed by atoms with Gasteiger partial charge >= 0.3 is 0 Å². The van der Waals surface area contributed by atoms with Crippen LogP contribution in [0.2, 0.25) is 0 Å². The average molecular weight is 351 g/mol. The number of hydrogen-bond acceptors (Lipinski definition) is 5. The molecule has 0 saturated carbocycles. The van der Waals surface area contributed by atoms with E-state index in [9.17, 15) is 4.79 Å². The number of nitrogens with two attached hydrogens (primary N) is 2. The quantitative estimate of drug-likeness (QED) is 0.631. The maximum Gasteiger partial charge on any atom is 0.257 e. The number of benzene rings is 2. The standard InChI is InChI=1S/C19H21N5O2/c1-22-19(25)16-17(23-24(12-11-20)18(16)21)13-7-9-15(10-8-13)26-14-5-3-2-4-6-14/h2-10H,11-12,20-21H2,1H3,(H,22,25). The van der Waals surface area contributed by atoms with E-state index in [4.69, 9.17) is 16.2 Å². The molecule has 3 aromatic rings. The Hall–Kier alpha value is -3.32. The largest absolute Gasteiger partial charge is 0.457 e. The molecule has 0 aliphatic heterocycles. The molecule has 0 bridgehead atoms. The van der Waals surface area contributed by atoms with Gasteiger partial charge in [-0.05, 0) is 36.4 Å². The number of aromatic nitrogens is 2. The van der Waals surface area contributed by atoms with E-state index in [2.05, 4.69) is 10.4 Å². The van der Waals surface area contributed by atoms with Crippen molar-refractivity contribution >= 4 is 11.7 Å². The number of para-hydroxylation sites is 1. The first-order valence-corrected chi connectivity index (χ1v) is 8.25. The molecule has 0 fully saturated rings. The molecule has 0 atom stereocenters. The van der Waals surface area contributed by atoms with E-state index in [0.29, 0.717) is 35.9 Å². The van der Waals surface area contributed by atoms with E-state index < -0.39 is 0 Å². The number of nitrogens with one attached hydrogen (secondary N) is 1. The molecule has 7 nitrogen and oxygen atoms in total. The highest BCUT2D eigenvalue weighted by atomic mass is 16.5. The lowest BCUT2D eigenvalue weighted by Crippen LogP contribution is -2.20. The van der Waals surface area contributed by atoms with Gasteiger partial charge in [0.05, 0.1) is 6.54 Å². The van der Waals surface area contributed by atoms with Crippen LogP contribution >= 0.6 is 0 Å². The summed E-state index contributed by atoms with van der Waals surface area (Å²) in [6.45, 7) is 0.813. The second-order valence-electron chi connectivity index (χ2n) is 5.64. The van der Waals surface area contributed by atoms with Gasteiger partial charge in [0.15, 0.2) is 0 Å². The van der Waals surface area contributed by atoms with Crippen molar-refractivity contribution in [3.8, 4) is 22.8 Å². The number of nitrogen functional groups attached to an aromatic ring is 1. The summed E-state index contributed by atoms with van der Waals surface area (Å²) in [6.07, 6.45) is 0. The minimum Gasteiger partial charge on any atom is -0.457 e. The predicted molar refractivity (Wildman–Crippen MR) is 101 cm³/mol. The molecule has 1 amide bonds. The smallest absolute Gasteiger partial charge is 0.257 e. The molecular formula is C19H21N5O2. The summed E-state index contributed by atoms with van der Waals surface area (Å²) in [6, 6.07) is 16.9. The van der Waals surface area contributed by atoms with Crippen molar-refractivity contribution < 1.29 is 9.53 Å². The first-order chi connectivity index (χ1) is 12.6. The van der Waals surface area contributed by atoms with Crippen molar-refractivity contribution in [1.82, 2.24) is 15.1 Å². The molecule has 0 saturated heterocycles. The van der Waals surface area contributed by atoms with E-state index in [1.807, 2.05) is 54.6 Å². The molecule has 134 valence electrons. The van der Waals surface area contributed by atoms with Gasteiger partial charge in [-0.1, -0.05) is 18.2 Å². The van der Waals surface area contributed by atoms with E-state index in [1.54, 1.807) is 11.7 Å². The first-order valence-electron chi connectivity index (χ1n) is 8.25. The zero-order chi connectivity index (χ0) is 18.5. The van der Waals surface area contributed by atoms with Gasteiger partial charge in [0, 0.05) is 19.2 Å². The lowest BCUT2D eigenvalue weighted by molar-refractivity contribution is 0.0964. The molecule has 0 spiro atoms. The molecule has 7 heteroatoms. The minimum atomic E-state index is -0.287. The highest BCUT2D eigenvalue weighted by Gasteiger charge is 2.22. The third-order valence-corrected chi connectivity index (χ3v) is 3.89. The molecule has 0 aliphatic carbocycles. The van der Waals surface area contributed by atoms with Crippen LogP contribution < -0.4 is 21.5 Å². The third kappa shape index (κ3) is 3.52. The topological polar surface area (TPSA) is 108 Å². The maximum atomic E-state index is 12.3. The fourth-order valence-corrected chi connectivity index (χ4v) is 2.62. The zero-order valence-corrected chi connectivity index (χ0v) is 14.5. The lowest BCUT2D eigenvalue weighted by atomic mass is 10.1. The fourth-order valence-electron chi connectivity index (χ4n) is 2.62. The highest BCUT2D eigenvalue weighted by molar-refractivity contribution is 6.04. The van der Waals surface area contributed by atoms with Crippen LogP contribution in [0.1, 0.15) is 10.4 Å². The minimum absolute atomic E-state index is 0.287. The summed E-state index contributed by atoms with van der Waals surface area (Å²) < 4.78 is 7.34. The summed E-state index contributed by atoms with van der Waals surface area (Å²) in [5.74, 6) is 1.46. The van der Waals surface area contributed by atoms with Gasteiger partial charge in [-0.3, -0.25) is 4.79 Å². The van der Waals surface area contributed by atoms with Gasteiger partial charge in [0.1, 0.15) is 28.6 Å². The molecular weight excluding hydrogens is 330 g/mol. The number of rotatable bonds is 6. The van der Waals surface area contributed by atoms with E-state index in [-0.39, 0.29) is 5.91 Å². The molecule has 0 unspecified atom stereocenters. The van der Waals surface area contributed by atoms with Crippen molar-refractivity contribution in [3.63, 3.8) is 0 Å². The van der Waals surface area contributed by atoms with Crippen LogP contribution in [0.15, 0.2) is 54.6 Å². The zero-order valence-electron chi connectivity index (χ0n) is 14.5. The molecule has 2 aromatic carbocycles. The summed E-state index contributed by atoms with van der Waals surface area (Å²) in [5.41, 5.74) is 13.3. The van der Waals surface area contributed by atoms with Crippen molar-refractivity contribution in [2.75, 3.05) is 19.3 Å². The van der Waals surface area contributed by atoms with Gasteiger partial charge < -0.3 is 21.5 Å². The predicted octanol–water partition coefficient (Wildman–Crippen LogP) is 2.24. The van der Waals surface area contributed by atoms with Crippen LogP contribution in [0.5, 0.6) is 11.5 Å². The van der Waals surface area contributed by atoms with Crippen LogP contribution in [0, 0.1) is 0 Å². The molecule has 0 aliphatic rings. The van der Waals surface area contributed by atoms with Crippen LogP contribution in [-0.2, 0) is 6.54 Å². The average Bonchev–Trinajstić information content (AvgIpc) is 2.99. The summed E-state index contributed by atoms with van der Waals surface area (Å²) in [7, 11) is 1.56. The Labute approximate surface area is 151 Å². The number of nitrogens with zero attached hydrogens (tertiary/aromatic N) is 2. The number of amides is 1. The van der Waals surface area contributed by atoms with Crippen molar-refractivity contribution in [2.45, 2.75) is 6.54 Å². The highest BCUT2D eigenvalue weighted by Crippen LogP contribution is 2.30. The van der Waals surface area contributed by atoms with Crippen LogP contribution in [0.3, 0.4) is 0 Å². The lowest BCUT2D eigenvalue weighted by Gasteiger charge is -2.07. The summed E-state index contributed by atoms with van der Waals surface area (Å²) >= 11 is 0. The number of ether oxygens (including phenoxy) is 1. The Balaban J connectivity index is 1.93. The number of hydrogen-bond donors (Lipinski definition) is 3. The van der Waals surface area contributed by atoms with Crippen molar-refractivity contribution in [3.05, 3.63) is 60.2 Å². The van der Waals surface area contributed by atoms with Gasteiger partial charge in [-0.25, -0.2) is 4.68 Å². The van der Waals surface area contributed by atoms with Crippen LogP contribution in [0.4, 0.5) is 5.82 Å². The Morgan fingerprint density at radius 3 is 2.38 bits per heavy atom. The first kappa shape index (κ1) is 17.5. The monoisotopic (exact) mass is 351 g/mol. The maximum absolute atomic E-state index is 12.3. The molecule has 1 aromatic heterocycles. The van der Waals surface area contributed by atoms with Gasteiger partial charge in [-0.15, -0.1) is 0 Å². The number of carbonyl (C=O) groups excluding carboxylic acids is 1. The van der Waals surface area contributed by atoms with Gasteiger partial charge in [-0.2, -0.15) is 5.10 Å². The van der Waals surface area contributed by atoms with Gasteiger partial charge in [0.25, 0.3) is 5.91 Å². The second kappa shape index (κ2) is 7.71. The summed E-state index contributed by atoms with van der Waals surface area (Å²) in [5, 5.41) is 7.07. The fraction of sp³-hybridized carbons (Fsp3) is 0.158. The summed E-state index contributed by atoms with van der Waals surface area (Å²) in [4.78, 5) is 12.3. The van der Waals surface area contributed by atoms with E-state index >= 15 is 0 Å². The second-order valence-corrected chi connectivity index (χ2v) is 5.64. The van der Waals surface area contributed by atoms with Crippen molar-refractivity contribution in [1.29, 1.82) is 0 Å². The molecule has 0 radical (unpaired) electrons. The molecule has 1 heterocycles. The molecule has 3 rings (SSSR count). The molecule has 26 heavy (non-hydrogen) atoms. The Morgan fingerprint density at radius 2 is 1.77 bits per heavy atom. The number of anilines is 1. The number of carbonyl (C=O) groups is 1. The Kier molecular flexibility index (Phi) is 5.19. The Bertz CT molecular complexity index is 888. The van der Waals surface area contributed by atoms with Gasteiger partial charge in [0.2, 0.25) is 0 Å². The van der Waals surface area contributed by atoms with E-state index in [0.717, 1.165) is 11.3 Å². The normalized spacial score (nSPS) is 10.5. The SMILES string of the molecule is CNC(=O)c1c(-c2ccc(Oc3ccccc3)cc2)nn(CCN)c1N. The van der Waals surface area contributed by atoms with Crippen molar-refractivity contribution in [2.24, 2.45) is 5.73 Å².